The van der Waals surface area contributed by atoms with Crippen molar-refractivity contribution in [3.63, 3.8) is 0 Å². The Labute approximate surface area is 86.2 Å². The van der Waals surface area contributed by atoms with E-state index in [1.165, 1.54) is 6.42 Å². The number of carbonyl (C=O) groups is 1. The summed E-state index contributed by atoms with van der Waals surface area (Å²) in [5.41, 5.74) is 0. The van der Waals surface area contributed by atoms with E-state index in [0.29, 0.717) is 6.54 Å². The molecule has 82 valence electrons. The summed E-state index contributed by atoms with van der Waals surface area (Å²) in [6, 6.07) is 0. The number of nitrogens with zero attached hydrogens (tertiary/aromatic N) is 2. The van der Waals surface area contributed by atoms with Crippen molar-refractivity contribution in [2.75, 3.05) is 47.3 Å². The number of carbonyl (C=O) groups excluding carboxylic acids is 1. The molecular weight excluding hydrogens is 178 g/mol. The van der Waals surface area contributed by atoms with Gasteiger partial charge in [-0.15, -0.1) is 0 Å². The van der Waals surface area contributed by atoms with Crippen LogP contribution in [0.4, 0.5) is 0 Å². The molecular formula is C10H21N3O. The molecule has 1 amide bonds. The topological polar surface area (TPSA) is 35.6 Å². The Morgan fingerprint density at radius 3 is 2.86 bits per heavy atom. The largest absolute Gasteiger partial charge is 0.348 e. The third-order valence-electron chi connectivity index (χ3n) is 2.72. The van der Waals surface area contributed by atoms with E-state index < -0.39 is 0 Å². The van der Waals surface area contributed by atoms with E-state index in [1.807, 2.05) is 21.1 Å². The second kappa shape index (κ2) is 5.32. The second-order valence-corrected chi connectivity index (χ2v) is 4.24. The Hall–Kier alpha value is -0.610. The van der Waals surface area contributed by atoms with Crippen LogP contribution in [0.3, 0.4) is 0 Å². The van der Waals surface area contributed by atoms with E-state index in [1.54, 1.807) is 4.90 Å². The molecule has 0 aromatic rings. The van der Waals surface area contributed by atoms with Crippen LogP contribution >= 0.6 is 0 Å². The van der Waals surface area contributed by atoms with Crippen LogP contribution in [0.1, 0.15) is 6.42 Å². The lowest BCUT2D eigenvalue weighted by Crippen LogP contribution is -2.35. The minimum absolute atomic E-state index is 0.204. The quantitative estimate of drug-likeness (QED) is 0.670. The fourth-order valence-electron chi connectivity index (χ4n) is 1.84. The molecule has 0 spiro atoms. The summed E-state index contributed by atoms with van der Waals surface area (Å²) in [6.07, 6.45) is 1.21. The van der Waals surface area contributed by atoms with Gasteiger partial charge in [-0.25, -0.2) is 0 Å². The van der Waals surface area contributed by atoms with Gasteiger partial charge in [0, 0.05) is 20.6 Å². The van der Waals surface area contributed by atoms with Gasteiger partial charge in [0.2, 0.25) is 5.91 Å². The van der Waals surface area contributed by atoms with Crippen molar-refractivity contribution in [1.29, 1.82) is 0 Å². The Morgan fingerprint density at radius 1 is 1.57 bits per heavy atom. The van der Waals surface area contributed by atoms with Gasteiger partial charge in [0.15, 0.2) is 0 Å². The van der Waals surface area contributed by atoms with E-state index >= 15 is 0 Å². The molecule has 0 radical (unpaired) electrons. The number of amides is 1. The first-order chi connectivity index (χ1) is 6.63. The van der Waals surface area contributed by atoms with Gasteiger partial charge >= 0.3 is 0 Å². The fourth-order valence-corrected chi connectivity index (χ4v) is 1.84. The van der Waals surface area contributed by atoms with Crippen LogP contribution < -0.4 is 5.32 Å². The summed E-state index contributed by atoms with van der Waals surface area (Å²) in [4.78, 5) is 15.3. The van der Waals surface area contributed by atoms with Gasteiger partial charge in [-0.1, -0.05) is 0 Å². The Balaban J connectivity index is 2.25. The predicted octanol–water partition coefficient (Wildman–Crippen LogP) is -0.384. The molecule has 4 nitrogen and oxygen atoms in total. The zero-order valence-corrected chi connectivity index (χ0v) is 9.42. The summed E-state index contributed by atoms with van der Waals surface area (Å²) in [7, 11) is 5.60. The van der Waals surface area contributed by atoms with E-state index in [-0.39, 0.29) is 5.91 Å². The van der Waals surface area contributed by atoms with Crippen molar-refractivity contribution in [2.45, 2.75) is 6.42 Å². The maximum Gasteiger partial charge on any atom is 0.236 e. The van der Waals surface area contributed by atoms with Crippen molar-refractivity contribution in [1.82, 2.24) is 15.1 Å². The van der Waals surface area contributed by atoms with E-state index in [2.05, 4.69) is 10.2 Å². The highest BCUT2D eigenvalue weighted by atomic mass is 16.2. The van der Waals surface area contributed by atoms with Gasteiger partial charge < -0.3 is 10.2 Å². The monoisotopic (exact) mass is 199 g/mol. The summed E-state index contributed by atoms with van der Waals surface area (Å²) in [5.74, 6) is 0.921. The van der Waals surface area contributed by atoms with Gasteiger partial charge in [-0.05, 0) is 32.5 Å². The molecule has 14 heavy (non-hydrogen) atoms. The molecule has 1 unspecified atom stereocenters. The van der Waals surface area contributed by atoms with Gasteiger partial charge in [-0.2, -0.15) is 0 Å². The summed E-state index contributed by atoms with van der Waals surface area (Å²) in [6.45, 7) is 3.76. The Kier molecular flexibility index (Phi) is 4.35. The molecule has 1 saturated heterocycles. The molecule has 4 heteroatoms. The van der Waals surface area contributed by atoms with Crippen LogP contribution in [-0.4, -0.2) is 63.0 Å². The molecule has 1 aliphatic rings. The van der Waals surface area contributed by atoms with Crippen LogP contribution in [0.2, 0.25) is 0 Å². The van der Waals surface area contributed by atoms with Crippen molar-refractivity contribution in [2.24, 2.45) is 5.92 Å². The average molecular weight is 199 g/mol. The minimum Gasteiger partial charge on any atom is -0.348 e. The third kappa shape index (κ3) is 3.27. The molecule has 0 aliphatic carbocycles. The number of hydrogen-bond acceptors (Lipinski definition) is 3. The van der Waals surface area contributed by atoms with Gasteiger partial charge in [0.25, 0.3) is 0 Å². The molecule has 0 bridgehead atoms. The molecule has 1 heterocycles. The molecule has 1 N–H and O–H groups in total. The lowest BCUT2D eigenvalue weighted by Gasteiger charge is -2.18. The molecule has 0 aromatic heterocycles. The van der Waals surface area contributed by atoms with Crippen LogP contribution in [0, 0.1) is 5.92 Å². The Bertz CT molecular complexity index is 194. The van der Waals surface area contributed by atoms with Gasteiger partial charge in [0.1, 0.15) is 0 Å². The van der Waals surface area contributed by atoms with E-state index in [4.69, 9.17) is 0 Å². The second-order valence-electron chi connectivity index (χ2n) is 4.24. The average Bonchev–Trinajstić information content (AvgIpc) is 2.53. The molecule has 1 atom stereocenters. The number of likely N-dealkylation sites (tertiary alicyclic amines) is 1. The van der Waals surface area contributed by atoms with Crippen molar-refractivity contribution in [3.05, 3.63) is 0 Å². The molecule has 1 aliphatic heterocycles. The van der Waals surface area contributed by atoms with Crippen LogP contribution in [0.5, 0.6) is 0 Å². The maximum atomic E-state index is 11.4. The standard InChI is InChI=1S/C10H21N3O/c1-11-6-9-4-5-13(7-9)8-10(14)12(2)3/h9,11H,4-8H2,1-3H3. The summed E-state index contributed by atoms with van der Waals surface area (Å²) >= 11 is 0. The summed E-state index contributed by atoms with van der Waals surface area (Å²) < 4.78 is 0. The van der Waals surface area contributed by atoms with Crippen LogP contribution in [0.15, 0.2) is 0 Å². The highest BCUT2D eigenvalue weighted by molar-refractivity contribution is 5.77. The highest BCUT2D eigenvalue weighted by Crippen LogP contribution is 2.14. The highest BCUT2D eigenvalue weighted by Gasteiger charge is 2.23. The molecule has 1 rings (SSSR count). The van der Waals surface area contributed by atoms with E-state index in [9.17, 15) is 4.79 Å². The first-order valence-electron chi connectivity index (χ1n) is 5.20. The number of hydrogen-bond donors (Lipinski definition) is 1. The number of nitrogens with one attached hydrogen (secondary N) is 1. The molecule has 0 aromatic carbocycles. The third-order valence-corrected chi connectivity index (χ3v) is 2.72. The van der Waals surface area contributed by atoms with Crippen LogP contribution in [-0.2, 0) is 4.79 Å². The maximum absolute atomic E-state index is 11.4. The van der Waals surface area contributed by atoms with Crippen LogP contribution in [0.25, 0.3) is 0 Å². The normalized spacial score (nSPS) is 22.6. The van der Waals surface area contributed by atoms with Crippen molar-refractivity contribution >= 4 is 5.91 Å². The first kappa shape index (κ1) is 11.5. The lowest BCUT2D eigenvalue weighted by molar-refractivity contribution is -0.129. The minimum atomic E-state index is 0.204. The number of likely N-dealkylation sites (N-methyl/N-ethyl adjacent to an activating group) is 1. The molecule has 0 saturated carbocycles. The first-order valence-corrected chi connectivity index (χ1v) is 5.20. The number of rotatable bonds is 4. The predicted molar refractivity (Wildman–Crippen MR) is 57.2 cm³/mol. The zero-order chi connectivity index (χ0) is 10.6. The molecule has 1 fully saturated rings. The van der Waals surface area contributed by atoms with Crippen molar-refractivity contribution < 1.29 is 4.79 Å². The van der Waals surface area contributed by atoms with Gasteiger partial charge in [0.05, 0.1) is 6.54 Å². The fraction of sp³-hybridized carbons (Fsp3) is 0.900. The van der Waals surface area contributed by atoms with E-state index in [0.717, 1.165) is 25.6 Å². The van der Waals surface area contributed by atoms with Gasteiger partial charge in [-0.3, -0.25) is 9.69 Å². The zero-order valence-electron chi connectivity index (χ0n) is 9.42. The lowest BCUT2D eigenvalue weighted by atomic mass is 10.1. The smallest absolute Gasteiger partial charge is 0.236 e. The SMILES string of the molecule is CNCC1CCN(CC(=O)N(C)C)C1. The summed E-state index contributed by atoms with van der Waals surface area (Å²) in [5, 5.41) is 3.18. The Morgan fingerprint density at radius 2 is 2.29 bits per heavy atom. The van der Waals surface area contributed by atoms with Crippen molar-refractivity contribution in [3.8, 4) is 0 Å².